The van der Waals surface area contributed by atoms with Crippen LogP contribution in [0.4, 0.5) is 0 Å². The van der Waals surface area contributed by atoms with Crippen LogP contribution in [-0.2, 0) is 14.8 Å². The lowest BCUT2D eigenvalue weighted by Gasteiger charge is -2.39. The molecule has 3 aromatic rings. The molecular weight excluding hydrogens is 456 g/mol. The van der Waals surface area contributed by atoms with Gasteiger partial charge in [0.25, 0.3) is 0 Å². The molecule has 1 saturated heterocycles. The van der Waals surface area contributed by atoms with Crippen molar-refractivity contribution in [1.29, 1.82) is 0 Å². The highest BCUT2D eigenvalue weighted by atomic mass is 35.5. The van der Waals surface area contributed by atoms with E-state index in [1.165, 1.54) is 27.6 Å². The van der Waals surface area contributed by atoms with Crippen LogP contribution in [0.2, 0.25) is 0 Å². The van der Waals surface area contributed by atoms with Gasteiger partial charge in [-0.3, -0.25) is 9.69 Å². The molecule has 0 aromatic heterocycles. The fraction of sp³-hybridized carbons (Fsp3) is 0.192. The molecule has 0 N–H and O–H groups in total. The number of piperazine rings is 1. The van der Waals surface area contributed by atoms with Crippen LogP contribution in [0.5, 0.6) is 0 Å². The molecule has 0 bridgehead atoms. The molecule has 0 aliphatic carbocycles. The number of hydrogen-bond acceptors (Lipinski definition) is 4. The zero-order valence-electron chi connectivity index (χ0n) is 18.0. The number of nitrogens with zero attached hydrogens (tertiary/aromatic N) is 2. The molecule has 0 spiro atoms. The van der Waals surface area contributed by atoms with Crippen molar-refractivity contribution in [2.24, 2.45) is 0 Å². The zero-order chi connectivity index (χ0) is 23.3. The largest absolute Gasteiger partial charge is 0.290 e. The number of hydrogen-bond donors (Lipinski definition) is 0. The standard InChI is InChI=1S/C26H25ClN2O3S/c27-25(30)15-14-21-8-7-13-24(20-21)33(31,32)29-18-16-28(17-19-29)26(22-9-3-1-4-10-22)23-11-5-2-6-12-23/h1-15,20,26H,16-19H2. The molecule has 33 heavy (non-hydrogen) atoms. The molecule has 0 atom stereocenters. The molecule has 0 amide bonds. The van der Waals surface area contributed by atoms with Crippen molar-refractivity contribution in [3.8, 4) is 0 Å². The van der Waals surface area contributed by atoms with Crippen LogP contribution in [-0.4, -0.2) is 49.0 Å². The summed E-state index contributed by atoms with van der Waals surface area (Å²) in [4.78, 5) is 13.5. The van der Waals surface area contributed by atoms with E-state index in [1.54, 1.807) is 24.3 Å². The van der Waals surface area contributed by atoms with E-state index in [2.05, 4.69) is 29.2 Å². The molecule has 170 valence electrons. The Bertz CT molecular complexity index is 1180. The molecule has 0 unspecified atom stereocenters. The summed E-state index contributed by atoms with van der Waals surface area (Å²) in [6, 6.07) is 27.2. The van der Waals surface area contributed by atoms with Crippen molar-refractivity contribution in [2.45, 2.75) is 10.9 Å². The average Bonchev–Trinajstić information content (AvgIpc) is 2.85. The van der Waals surface area contributed by atoms with E-state index in [0.717, 1.165) is 0 Å². The van der Waals surface area contributed by atoms with Crippen LogP contribution in [0.1, 0.15) is 22.7 Å². The van der Waals surface area contributed by atoms with Crippen molar-refractivity contribution in [3.63, 3.8) is 0 Å². The molecule has 3 aromatic carbocycles. The van der Waals surface area contributed by atoms with Crippen molar-refractivity contribution in [1.82, 2.24) is 9.21 Å². The average molecular weight is 481 g/mol. The molecule has 5 nitrogen and oxygen atoms in total. The Kier molecular flexibility index (Phi) is 7.40. The molecule has 0 radical (unpaired) electrons. The minimum absolute atomic E-state index is 0.0683. The third-order valence-electron chi connectivity index (χ3n) is 5.77. The summed E-state index contributed by atoms with van der Waals surface area (Å²) in [5, 5.41) is -0.606. The fourth-order valence-electron chi connectivity index (χ4n) is 4.18. The summed E-state index contributed by atoms with van der Waals surface area (Å²) in [6.45, 7) is 2.04. The Balaban J connectivity index is 1.53. The first kappa shape index (κ1) is 23.4. The smallest absolute Gasteiger partial charge is 0.245 e. The van der Waals surface area contributed by atoms with E-state index in [-0.39, 0.29) is 10.9 Å². The summed E-state index contributed by atoms with van der Waals surface area (Å²) in [5.74, 6) is 0. The van der Waals surface area contributed by atoms with Crippen LogP contribution in [0.3, 0.4) is 0 Å². The highest BCUT2D eigenvalue weighted by Crippen LogP contribution is 2.30. The van der Waals surface area contributed by atoms with Gasteiger partial charge in [0, 0.05) is 26.2 Å². The minimum Gasteiger partial charge on any atom is -0.290 e. The van der Waals surface area contributed by atoms with Gasteiger partial charge < -0.3 is 0 Å². The predicted molar refractivity (Wildman–Crippen MR) is 131 cm³/mol. The van der Waals surface area contributed by atoms with Gasteiger partial charge in [0.2, 0.25) is 15.3 Å². The van der Waals surface area contributed by atoms with E-state index in [0.29, 0.717) is 31.7 Å². The van der Waals surface area contributed by atoms with Gasteiger partial charge in [0.05, 0.1) is 10.9 Å². The van der Waals surface area contributed by atoms with Crippen LogP contribution < -0.4 is 0 Å². The highest BCUT2D eigenvalue weighted by Gasteiger charge is 2.32. The fourth-order valence-corrected chi connectivity index (χ4v) is 5.72. The van der Waals surface area contributed by atoms with Crippen LogP contribution >= 0.6 is 11.6 Å². The van der Waals surface area contributed by atoms with Crippen molar-refractivity contribution >= 4 is 32.9 Å². The lowest BCUT2D eigenvalue weighted by Crippen LogP contribution is -2.49. The molecule has 1 aliphatic rings. The predicted octanol–water partition coefficient (Wildman–Crippen LogP) is 4.56. The molecule has 0 saturated carbocycles. The number of halogens is 1. The molecule has 7 heteroatoms. The second kappa shape index (κ2) is 10.4. The van der Waals surface area contributed by atoms with Gasteiger partial charge in [-0.1, -0.05) is 78.9 Å². The maximum absolute atomic E-state index is 13.3. The Labute approximate surface area is 200 Å². The third kappa shape index (κ3) is 5.60. The van der Waals surface area contributed by atoms with E-state index >= 15 is 0 Å². The zero-order valence-corrected chi connectivity index (χ0v) is 19.6. The second-order valence-corrected chi connectivity index (χ2v) is 10.2. The highest BCUT2D eigenvalue weighted by molar-refractivity contribution is 7.89. The summed E-state index contributed by atoms with van der Waals surface area (Å²) < 4.78 is 28.1. The maximum atomic E-state index is 13.3. The Morgan fingerprint density at radius 1 is 0.818 bits per heavy atom. The molecule has 4 rings (SSSR count). The second-order valence-electron chi connectivity index (χ2n) is 7.87. The number of carbonyl (C=O) groups is 1. The summed E-state index contributed by atoms with van der Waals surface area (Å²) >= 11 is 5.35. The van der Waals surface area contributed by atoms with Gasteiger partial charge in [-0.15, -0.1) is 0 Å². The van der Waals surface area contributed by atoms with Gasteiger partial charge in [-0.25, -0.2) is 8.42 Å². The normalized spacial score (nSPS) is 15.8. The van der Waals surface area contributed by atoms with Crippen LogP contribution in [0, 0.1) is 0 Å². The molecule has 1 fully saturated rings. The first-order valence-electron chi connectivity index (χ1n) is 10.8. The van der Waals surface area contributed by atoms with Crippen molar-refractivity contribution < 1.29 is 13.2 Å². The van der Waals surface area contributed by atoms with Gasteiger partial charge in [0.1, 0.15) is 0 Å². The SMILES string of the molecule is O=C(Cl)C=Cc1cccc(S(=O)(=O)N2CCN(C(c3ccccc3)c3ccccc3)CC2)c1. The number of sulfonamides is 1. The summed E-state index contributed by atoms with van der Waals surface area (Å²) in [7, 11) is -3.65. The first-order chi connectivity index (χ1) is 15.9. The number of allylic oxidation sites excluding steroid dienone is 1. The Morgan fingerprint density at radius 2 is 1.39 bits per heavy atom. The molecule has 1 heterocycles. The van der Waals surface area contributed by atoms with E-state index < -0.39 is 15.3 Å². The lowest BCUT2D eigenvalue weighted by atomic mass is 9.96. The molecular formula is C26H25ClN2O3S. The van der Waals surface area contributed by atoms with Gasteiger partial charge >= 0.3 is 0 Å². The first-order valence-corrected chi connectivity index (χ1v) is 12.6. The van der Waals surface area contributed by atoms with Gasteiger partial charge in [-0.2, -0.15) is 4.31 Å². The quantitative estimate of drug-likeness (QED) is 0.367. The summed E-state index contributed by atoms with van der Waals surface area (Å²) in [5.41, 5.74) is 2.98. The van der Waals surface area contributed by atoms with Gasteiger partial charge in [-0.05, 0) is 46.5 Å². The van der Waals surface area contributed by atoms with Crippen molar-refractivity contribution in [2.75, 3.05) is 26.2 Å². The van der Waals surface area contributed by atoms with Gasteiger partial charge in [0.15, 0.2) is 0 Å². The Hall–Kier alpha value is -2.77. The monoisotopic (exact) mass is 480 g/mol. The topological polar surface area (TPSA) is 57.7 Å². The number of carbonyl (C=O) groups excluding carboxylic acids is 1. The Morgan fingerprint density at radius 3 is 1.94 bits per heavy atom. The third-order valence-corrected chi connectivity index (χ3v) is 7.79. The molecule has 1 aliphatic heterocycles. The summed E-state index contributed by atoms with van der Waals surface area (Å²) in [6.07, 6.45) is 2.72. The van der Waals surface area contributed by atoms with Crippen LogP contribution in [0.15, 0.2) is 95.9 Å². The van der Waals surface area contributed by atoms with Crippen LogP contribution in [0.25, 0.3) is 6.08 Å². The number of rotatable bonds is 7. The lowest BCUT2D eigenvalue weighted by molar-refractivity contribution is -0.107. The van der Waals surface area contributed by atoms with E-state index in [9.17, 15) is 13.2 Å². The number of benzene rings is 3. The van der Waals surface area contributed by atoms with E-state index in [4.69, 9.17) is 11.6 Å². The van der Waals surface area contributed by atoms with Crippen molar-refractivity contribution in [3.05, 3.63) is 108 Å². The van der Waals surface area contributed by atoms with E-state index in [1.807, 2.05) is 36.4 Å². The minimum atomic E-state index is -3.65. The maximum Gasteiger partial charge on any atom is 0.245 e.